The lowest BCUT2D eigenvalue weighted by Crippen LogP contribution is -2.55. The van der Waals surface area contributed by atoms with Crippen LogP contribution >= 0.6 is 0 Å². The summed E-state index contributed by atoms with van der Waals surface area (Å²) in [6.07, 6.45) is 2.84. The number of hydrogen-bond acceptors (Lipinski definition) is 3. The molecular formula is C14H24N2O4. The third-order valence-electron chi connectivity index (χ3n) is 4.20. The second-order valence-corrected chi connectivity index (χ2v) is 5.67. The van der Waals surface area contributed by atoms with Crippen molar-refractivity contribution in [2.45, 2.75) is 38.6 Å². The van der Waals surface area contributed by atoms with E-state index >= 15 is 0 Å². The zero-order valence-corrected chi connectivity index (χ0v) is 12.1. The van der Waals surface area contributed by atoms with E-state index < -0.39 is 5.97 Å². The molecule has 2 saturated heterocycles. The highest BCUT2D eigenvalue weighted by Crippen LogP contribution is 2.22. The zero-order chi connectivity index (χ0) is 14.5. The van der Waals surface area contributed by atoms with Gasteiger partial charge in [-0.2, -0.15) is 0 Å². The molecule has 2 aliphatic heterocycles. The molecular weight excluding hydrogens is 260 g/mol. The number of morpholine rings is 1. The van der Waals surface area contributed by atoms with Crippen LogP contribution in [0.1, 0.15) is 32.6 Å². The van der Waals surface area contributed by atoms with Crippen molar-refractivity contribution in [1.29, 1.82) is 0 Å². The maximum absolute atomic E-state index is 12.6. The van der Waals surface area contributed by atoms with E-state index in [1.807, 2.05) is 9.80 Å². The Kier molecular flexibility index (Phi) is 5.23. The maximum atomic E-state index is 12.6. The minimum absolute atomic E-state index is 0.0511. The van der Waals surface area contributed by atoms with Crippen LogP contribution in [0.4, 0.5) is 4.79 Å². The van der Waals surface area contributed by atoms with Gasteiger partial charge in [0, 0.05) is 26.1 Å². The molecule has 2 unspecified atom stereocenters. The number of hydrogen-bond donors (Lipinski definition) is 1. The van der Waals surface area contributed by atoms with Gasteiger partial charge in [-0.05, 0) is 25.2 Å². The number of aliphatic carboxylic acids is 1. The molecule has 2 amide bonds. The first-order valence-corrected chi connectivity index (χ1v) is 7.47. The Hall–Kier alpha value is -1.30. The standard InChI is InChI=1S/C14H24N2O4/c1-2-12-10-20-7-6-16(12)14(19)15-5-3-4-11(9-15)8-13(17)18/h11-12H,2-10H2,1H3,(H,17,18). The molecule has 1 N–H and O–H groups in total. The van der Waals surface area contributed by atoms with Gasteiger partial charge in [-0.3, -0.25) is 4.79 Å². The molecule has 0 aromatic heterocycles. The number of rotatable bonds is 3. The Balaban J connectivity index is 1.95. The van der Waals surface area contributed by atoms with Crippen LogP contribution in [-0.4, -0.2) is 65.8 Å². The molecule has 2 aliphatic rings. The molecule has 0 radical (unpaired) electrons. The first kappa shape index (κ1) is 15.1. The van der Waals surface area contributed by atoms with Gasteiger partial charge in [0.15, 0.2) is 0 Å². The molecule has 20 heavy (non-hydrogen) atoms. The average molecular weight is 284 g/mol. The smallest absolute Gasteiger partial charge is 0.320 e. The number of ether oxygens (including phenoxy) is 1. The van der Waals surface area contributed by atoms with Crippen LogP contribution in [0.3, 0.4) is 0 Å². The first-order valence-electron chi connectivity index (χ1n) is 7.47. The van der Waals surface area contributed by atoms with Gasteiger partial charge in [0.2, 0.25) is 0 Å². The Bertz CT molecular complexity index is 361. The van der Waals surface area contributed by atoms with Crippen molar-refractivity contribution in [2.24, 2.45) is 5.92 Å². The third-order valence-corrected chi connectivity index (χ3v) is 4.20. The summed E-state index contributed by atoms with van der Waals surface area (Å²) in [6, 6.07) is 0.200. The van der Waals surface area contributed by atoms with Crippen LogP contribution in [0.15, 0.2) is 0 Å². The van der Waals surface area contributed by atoms with E-state index in [0.717, 1.165) is 25.8 Å². The maximum Gasteiger partial charge on any atom is 0.320 e. The van der Waals surface area contributed by atoms with E-state index in [1.54, 1.807) is 0 Å². The van der Waals surface area contributed by atoms with Crippen molar-refractivity contribution in [1.82, 2.24) is 9.80 Å². The Labute approximate surface area is 119 Å². The SMILES string of the molecule is CCC1COCCN1C(=O)N1CCCC(CC(=O)O)C1. The van der Waals surface area contributed by atoms with Crippen molar-refractivity contribution in [3.63, 3.8) is 0 Å². The highest BCUT2D eigenvalue weighted by Gasteiger charge is 2.32. The van der Waals surface area contributed by atoms with E-state index in [-0.39, 0.29) is 24.4 Å². The zero-order valence-electron chi connectivity index (χ0n) is 12.1. The fourth-order valence-electron chi connectivity index (χ4n) is 3.08. The predicted octanol–water partition coefficient (Wildman–Crippen LogP) is 1.40. The molecule has 0 aromatic rings. The molecule has 0 aromatic carbocycles. The molecule has 0 spiro atoms. The normalized spacial score (nSPS) is 27.4. The van der Waals surface area contributed by atoms with Crippen molar-refractivity contribution < 1.29 is 19.4 Å². The summed E-state index contributed by atoms with van der Waals surface area (Å²) >= 11 is 0. The molecule has 0 saturated carbocycles. The molecule has 2 rings (SSSR count). The summed E-state index contributed by atoms with van der Waals surface area (Å²) in [5, 5.41) is 8.89. The van der Waals surface area contributed by atoms with E-state index in [4.69, 9.17) is 9.84 Å². The molecule has 0 bridgehead atoms. The fraction of sp³-hybridized carbons (Fsp3) is 0.857. The number of amides is 2. The average Bonchev–Trinajstić information content (AvgIpc) is 2.46. The van der Waals surface area contributed by atoms with Crippen LogP contribution in [0.5, 0.6) is 0 Å². The molecule has 2 heterocycles. The lowest BCUT2D eigenvalue weighted by atomic mass is 9.95. The number of carboxylic acid groups (broad SMARTS) is 1. The lowest BCUT2D eigenvalue weighted by molar-refractivity contribution is -0.138. The predicted molar refractivity (Wildman–Crippen MR) is 73.5 cm³/mol. The van der Waals surface area contributed by atoms with Gasteiger partial charge < -0.3 is 19.6 Å². The molecule has 6 heteroatoms. The summed E-state index contributed by atoms with van der Waals surface area (Å²) < 4.78 is 5.42. The van der Waals surface area contributed by atoms with Gasteiger partial charge >= 0.3 is 12.0 Å². The van der Waals surface area contributed by atoms with Crippen LogP contribution in [0.25, 0.3) is 0 Å². The van der Waals surface area contributed by atoms with Gasteiger partial charge in [-0.15, -0.1) is 0 Å². The van der Waals surface area contributed by atoms with Crippen molar-refractivity contribution in [2.75, 3.05) is 32.8 Å². The minimum atomic E-state index is -0.776. The highest BCUT2D eigenvalue weighted by molar-refractivity contribution is 5.75. The Morgan fingerprint density at radius 1 is 1.35 bits per heavy atom. The van der Waals surface area contributed by atoms with Gasteiger partial charge in [0.25, 0.3) is 0 Å². The quantitative estimate of drug-likeness (QED) is 0.850. The van der Waals surface area contributed by atoms with Crippen LogP contribution in [0.2, 0.25) is 0 Å². The fourth-order valence-corrected chi connectivity index (χ4v) is 3.08. The molecule has 6 nitrogen and oxygen atoms in total. The van der Waals surface area contributed by atoms with E-state index in [9.17, 15) is 9.59 Å². The molecule has 2 fully saturated rings. The third kappa shape index (κ3) is 3.62. The minimum Gasteiger partial charge on any atom is -0.481 e. The first-order chi connectivity index (χ1) is 9.61. The largest absolute Gasteiger partial charge is 0.481 e. The van der Waals surface area contributed by atoms with Crippen LogP contribution in [0, 0.1) is 5.92 Å². The molecule has 2 atom stereocenters. The van der Waals surface area contributed by atoms with Crippen molar-refractivity contribution in [3.8, 4) is 0 Å². The van der Waals surface area contributed by atoms with Gasteiger partial charge in [-0.1, -0.05) is 6.92 Å². The van der Waals surface area contributed by atoms with E-state index in [0.29, 0.717) is 26.3 Å². The van der Waals surface area contributed by atoms with Gasteiger partial charge in [-0.25, -0.2) is 4.79 Å². The Morgan fingerprint density at radius 2 is 2.15 bits per heavy atom. The monoisotopic (exact) mass is 284 g/mol. The molecule has 114 valence electrons. The highest BCUT2D eigenvalue weighted by atomic mass is 16.5. The number of carbonyl (C=O) groups is 2. The number of likely N-dealkylation sites (tertiary alicyclic amines) is 1. The topological polar surface area (TPSA) is 70.1 Å². The van der Waals surface area contributed by atoms with Gasteiger partial charge in [0.1, 0.15) is 0 Å². The number of nitrogens with zero attached hydrogens (tertiary/aromatic N) is 2. The Morgan fingerprint density at radius 3 is 2.85 bits per heavy atom. The summed E-state index contributed by atoms with van der Waals surface area (Å²) in [5.41, 5.74) is 0. The summed E-state index contributed by atoms with van der Waals surface area (Å²) in [7, 11) is 0. The number of carboxylic acids is 1. The van der Waals surface area contributed by atoms with Crippen molar-refractivity contribution >= 4 is 12.0 Å². The number of carbonyl (C=O) groups excluding carboxylic acids is 1. The summed E-state index contributed by atoms with van der Waals surface area (Å²) in [6.45, 7) is 5.20. The van der Waals surface area contributed by atoms with Crippen molar-refractivity contribution in [3.05, 3.63) is 0 Å². The summed E-state index contributed by atoms with van der Waals surface area (Å²) in [4.78, 5) is 27.1. The van der Waals surface area contributed by atoms with Crippen LogP contribution in [-0.2, 0) is 9.53 Å². The van der Waals surface area contributed by atoms with Crippen LogP contribution < -0.4 is 0 Å². The van der Waals surface area contributed by atoms with Gasteiger partial charge in [0.05, 0.1) is 19.3 Å². The number of urea groups is 1. The number of piperidine rings is 1. The lowest BCUT2D eigenvalue weighted by Gasteiger charge is -2.41. The second-order valence-electron chi connectivity index (χ2n) is 5.67. The van der Waals surface area contributed by atoms with E-state index in [1.165, 1.54) is 0 Å². The van der Waals surface area contributed by atoms with E-state index in [2.05, 4.69) is 6.92 Å². The second kappa shape index (κ2) is 6.92. The molecule has 0 aliphatic carbocycles. The summed E-state index contributed by atoms with van der Waals surface area (Å²) in [5.74, 6) is -0.687.